The Kier molecular flexibility index (Phi) is 4.49. The Bertz CT molecular complexity index is 509. The zero-order valence-electron chi connectivity index (χ0n) is 11.3. The van der Waals surface area contributed by atoms with Crippen LogP contribution in [0.2, 0.25) is 5.02 Å². The topological polar surface area (TPSA) is 72.6 Å². The summed E-state index contributed by atoms with van der Waals surface area (Å²) < 4.78 is 4.90. The minimum absolute atomic E-state index is 0.0379. The quantitative estimate of drug-likeness (QED) is 0.667. The van der Waals surface area contributed by atoms with Gasteiger partial charge in [-0.2, -0.15) is 0 Å². The molecule has 0 radical (unpaired) electrons. The fraction of sp³-hybridized carbons (Fsp3) is 0.429. The molecule has 1 saturated carbocycles. The van der Waals surface area contributed by atoms with Crippen molar-refractivity contribution in [1.29, 1.82) is 0 Å². The Balaban J connectivity index is 2.16. The molecule has 0 atom stereocenters. The summed E-state index contributed by atoms with van der Waals surface area (Å²) in [4.78, 5) is 25.6. The molecular formula is C14H17ClN2O3. The Labute approximate surface area is 122 Å². The number of benzene rings is 1. The molecule has 2 N–H and O–H groups in total. The second-order valence-corrected chi connectivity index (χ2v) is 5.18. The third-order valence-electron chi connectivity index (χ3n) is 3.02. The van der Waals surface area contributed by atoms with Crippen molar-refractivity contribution in [2.24, 2.45) is 0 Å². The summed E-state index contributed by atoms with van der Waals surface area (Å²) in [5.74, 6) is -0.641. The fourth-order valence-electron chi connectivity index (χ4n) is 2.00. The number of esters is 1. The molecule has 0 saturated heterocycles. The fourth-order valence-corrected chi connectivity index (χ4v) is 2.24. The van der Waals surface area contributed by atoms with Gasteiger partial charge < -0.3 is 15.4 Å². The first-order chi connectivity index (χ1) is 9.51. The number of hydrogen-bond donors (Lipinski definition) is 1. The second-order valence-electron chi connectivity index (χ2n) is 4.74. The van der Waals surface area contributed by atoms with Gasteiger partial charge in [0.05, 0.1) is 6.61 Å². The summed E-state index contributed by atoms with van der Waals surface area (Å²) >= 11 is 5.91. The molecular weight excluding hydrogens is 280 g/mol. The summed E-state index contributed by atoms with van der Waals surface area (Å²) in [5.41, 5.74) is 6.51. The van der Waals surface area contributed by atoms with Crippen molar-refractivity contribution >= 4 is 29.2 Å². The maximum Gasteiger partial charge on any atom is 0.325 e. The van der Waals surface area contributed by atoms with Crippen molar-refractivity contribution < 1.29 is 14.3 Å². The molecule has 0 aliphatic heterocycles. The Hall–Kier alpha value is -1.75. The van der Waals surface area contributed by atoms with Crippen LogP contribution in [0.1, 0.15) is 30.1 Å². The zero-order chi connectivity index (χ0) is 14.7. The summed E-state index contributed by atoms with van der Waals surface area (Å²) in [6.45, 7) is 2.00. The smallest absolute Gasteiger partial charge is 0.325 e. The van der Waals surface area contributed by atoms with Crippen molar-refractivity contribution in [3.63, 3.8) is 0 Å². The number of nitrogens with zero attached hydrogens (tertiary/aromatic N) is 1. The van der Waals surface area contributed by atoms with E-state index in [4.69, 9.17) is 22.1 Å². The van der Waals surface area contributed by atoms with Crippen LogP contribution in [-0.4, -0.2) is 36.0 Å². The van der Waals surface area contributed by atoms with Crippen LogP contribution in [-0.2, 0) is 9.53 Å². The van der Waals surface area contributed by atoms with Crippen LogP contribution in [0, 0.1) is 0 Å². The largest absolute Gasteiger partial charge is 0.465 e. The van der Waals surface area contributed by atoms with Gasteiger partial charge in [-0.05, 0) is 38.0 Å². The number of carbonyl (C=O) groups is 2. The zero-order valence-corrected chi connectivity index (χ0v) is 12.0. The number of hydrogen-bond acceptors (Lipinski definition) is 4. The van der Waals surface area contributed by atoms with E-state index in [0.29, 0.717) is 22.9 Å². The van der Waals surface area contributed by atoms with Crippen LogP contribution in [0.25, 0.3) is 0 Å². The highest BCUT2D eigenvalue weighted by molar-refractivity contribution is 6.31. The molecule has 20 heavy (non-hydrogen) atoms. The summed E-state index contributed by atoms with van der Waals surface area (Å²) in [6, 6.07) is 4.80. The van der Waals surface area contributed by atoms with Crippen molar-refractivity contribution in [2.75, 3.05) is 18.9 Å². The third kappa shape index (κ3) is 3.63. The molecule has 1 amide bonds. The van der Waals surface area contributed by atoms with E-state index in [1.807, 2.05) is 0 Å². The lowest BCUT2D eigenvalue weighted by molar-refractivity contribution is -0.144. The highest BCUT2D eigenvalue weighted by atomic mass is 35.5. The maximum atomic E-state index is 12.5. The molecule has 1 aliphatic carbocycles. The molecule has 1 aromatic carbocycles. The molecule has 5 nitrogen and oxygen atoms in total. The van der Waals surface area contributed by atoms with E-state index in [1.54, 1.807) is 25.1 Å². The number of ether oxygens (including phenoxy) is 1. The SMILES string of the molecule is CCOC(=O)CN(C(=O)c1cc(N)cc(Cl)c1)C1CC1. The van der Waals surface area contributed by atoms with Gasteiger partial charge in [0, 0.05) is 22.3 Å². The number of nitrogen functional groups attached to an aromatic ring is 1. The van der Waals surface area contributed by atoms with Gasteiger partial charge in [-0.15, -0.1) is 0 Å². The van der Waals surface area contributed by atoms with Crippen LogP contribution in [0.3, 0.4) is 0 Å². The number of nitrogens with two attached hydrogens (primary N) is 1. The molecule has 2 rings (SSSR count). The molecule has 0 spiro atoms. The van der Waals surface area contributed by atoms with E-state index < -0.39 is 5.97 Å². The molecule has 108 valence electrons. The Morgan fingerprint density at radius 3 is 2.65 bits per heavy atom. The molecule has 0 unspecified atom stereocenters. The average Bonchev–Trinajstić information content (AvgIpc) is 3.18. The molecule has 6 heteroatoms. The summed E-state index contributed by atoms with van der Waals surface area (Å²) in [5, 5.41) is 0.403. The van der Waals surface area contributed by atoms with E-state index in [1.165, 1.54) is 4.90 Å². The van der Waals surface area contributed by atoms with E-state index in [9.17, 15) is 9.59 Å². The number of anilines is 1. The van der Waals surface area contributed by atoms with E-state index in [0.717, 1.165) is 12.8 Å². The van der Waals surface area contributed by atoms with Crippen LogP contribution in [0.15, 0.2) is 18.2 Å². The highest BCUT2D eigenvalue weighted by Crippen LogP contribution is 2.29. The van der Waals surface area contributed by atoms with Crippen LogP contribution in [0.5, 0.6) is 0 Å². The standard InChI is InChI=1S/C14H17ClN2O3/c1-2-20-13(18)8-17(12-3-4-12)14(19)9-5-10(15)7-11(16)6-9/h5-7,12H,2-4,8,16H2,1H3. The van der Waals surface area contributed by atoms with Crippen LogP contribution >= 0.6 is 11.6 Å². The minimum atomic E-state index is -0.400. The molecule has 0 bridgehead atoms. The highest BCUT2D eigenvalue weighted by Gasteiger charge is 2.34. The predicted molar refractivity (Wildman–Crippen MR) is 76.6 cm³/mol. The van der Waals surface area contributed by atoms with Gasteiger partial charge in [-0.3, -0.25) is 9.59 Å². The van der Waals surface area contributed by atoms with Crippen LogP contribution in [0.4, 0.5) is 5.69 Å². The van der Waals surface area contributed by atoms with Crippen LogP contribution < -0.4 is 5.73 Å². The van der Waals surface area contributed by atoms with Crippen molar-refractivity contribution in [1.82, 2.24) is 4.90 Å². The molecule has 1 aliphatic rings. The van der Waals surface area contributed by atoms with E-state index >= 15 is 0 Å². The predicted octanol–water partition coefficient (Wildman–Crippen LogP) is 2.09. The summed E-state index contributed by atoms with van der Waals surface area (Å²) in [6.07, 6.45) is 1.81. The number of halogens is 1. The van der Waals surface area contributed by atoms with Gasteiger partial charge in [-0.25, -0.2) is 0 Å². The first-order valence-corrected chi connectivity index (χ1v) is 6.91. The normalized spacial score (nSPS) is 13.9. The van der Waals surface area contributed by atoms with Gasteiger partial charge in [0.2, 0.25) is 0 Å². The maximum absolute atomic E-state index is 12.5. The van der Waals surface area contributed by atoms with Crippen molar-refractivity contribution in [3.8, 4) is 0 Å². The summed E-state index contributed by atoms with van der Waals surface area (Å²) in [7, 11) is 0. The number of rotatable bonds is 5. The van der Waals surface area contributed by atoms with Crippen molar-refractivity contribution in [3.05, 3.63) is 28.8 Å². The first-order valence-electron chi connectivity index (χ1n) is 6.54. The van der Waals surface area contributed by atoms with Gasteiger partial charge >= 0.3 is 5.97 Å². The molecule has 0 aromatic heterocycles. The van der Waals surface area contributed by atoms with E-state index in [2.05, 4.69) is 0 Å². The lowest BCUT2D eigenvalue weighted by Crippen LogP contribution is -2.38. The van der Waals surface area contributed by atoms with E-state index in [-0.39, 0.29) is 18.5 Å². The molecule has 0 heterocycles. The lowest BCUT2D eigenvalue weighted by Gasteiger charge is -2.21. The molecule has 1 fully saturated rings. The van der Waals surface area contributed by atoms with Gasteiger partial charge in [0.1, 0.15) is 6.54 Å². The average molecular weight is 297 g/mol. The Morgan fingerprint density at radius 1 is 1.40 bits per heavy atom. The first kappa shape index (κ1) is 14.7. The van der Waals surface area contributed by atoms with Gasteiger partial charge in [0.25, 0.3) is 5.91 Å². The van der Waals surface area contributed by atoms with Gasteiger partial charge in [0.15, 0.2) is 0 Å². The number of carbonyl (C=O) groups excluding carboxylic acids is 2. The van der Waals surface area contributed by atoms with Gasteiger partial charge in [-0.1, -0.05) is 11.6 Å². The second kappa shape index (κ2) is 6.13. The monoisotopic (exact) mass is 296 g/mol. The molecule has 1 aromatic rings. The minimum Gasteiger partial charge on any atom is -0.465 e. The number of amides is 1. The van der Waals surface area contributed by atoms with Crippen molar-refractivity contribution in [2.45, 2.75) is 25.8 Å². The lowest BCUT2D eigenvalue weighted by atomic mass is 10.1. The Morgan fingerprint density at radius 2 is 2.10 bits per heavy atom. The third-order valence-corrected chi connectivity index (χ3v) is 3.24.